The SMILES string of the molecule is COc1cc(C=Cc2nc3c(ccc4ccccc43)s2)cc([N+](=O)[O-])c1O. The van der Waals surface area contributed by atoms with Crippen LogP contribution in [0.5, 0.6) is 11.5 Å². The van der Waals surface area contributed by atoms with E-state index in [0.717, 1.165) is 26.0 Å². The third-order valence-corrected chi connectivity index (χ3v) is 5.20. The molecule has 0 amide bonds. The molecule has 27 heavy (non-hydrogen) atoms. The van der Waals surface area contributed by atoms with Crippen LogP contribution in [0.1, 0.15) is 10.6 Å². The van der Waals surface area contributed by atoms with Crippen molar-refractivity contribution in [2.75, 3.05) is 7.11 Å². The summed E-state index contributed by atoms with van der Waals surface area (Å²) >= 11 is 1.54. The molecule has 0 aliphatic carbocycles. The third-order valence-electron chi connectivity index (χ3n) is 4.21. The number of phenolic OH excluding ortho intramolecular Hbond substituents is 1. The van der Waals surface area contributed by atoms with E-state index in [0.29, 0.717) is 5.56 Å². The Morgan fingerprint density at radius 3 is 2.78 bits per heavy atom. The number of nitro groups is 1. The smallest absolute Gasteiger partial charge is 0.315 e. The van der Waals surface area contributed by atoms with Gasteiger partial charge in [-0.3, -0.25) is 10.1 Å². The predicted octanol–water partition coefficient (Wildman–Crippen LogP) is 5.24. The minimum atomic E-state index is -0.640. The highest BCUT2D eigenvalue weighted by Gasteiger charge is 2.19. The van der Waals surface area contributed by atoms with E-state index in [1.807, 2.05) is 30.3 Å². The molecular formula is C20H14N2O4S. The van der Waals surface area contributed by atoms with E-state index < -0.39 is 16.4 Å². The molecule has 0 unspecified atom stereocenters. The third kappa shape index (κ3) is 3.09. The summed E-state index contributed by atoms with van der Waals surface area (Å²) in [5, 5.41) is 24.0. The van der Waals surface area contributed by atoms with Gasteiger partial charge >= 0.3 is 5.69 Å². The first kappa shape index (κ1) is 17.0. The van der Waals surface area contributed by atoms with E-state index in [1.54, 1.807) is 29.6 Å². The lowest BCUT2D eigenvalue weighted by atomic mass is 10.1. The second kappa shape index (κ2) is 6.69. The molecule has 1 N–H and O–H groups in total. The zero-order chi connectivity index (χ0) is 19.0. The maximum Gasteiger partial charge on any atom is 0.315 e. The number of nitro benzene ring substituents is 1. The van der Waals surface area contributed by atoms with Gasteiger partial charge in [0.15, 0.2) is 5.75 Å². The van der Waals surface area contributed by atoms with Crippen LogP contribution in [-0.2, 0) is 0 Å². The van der Waals surface area contributed by atoms with Crippen molar-refractivity contribution in [1.82, 2.24) is 4.98 Å². The second-order valence-corrected chi connectivity index (χ2v) is 6.93. The summed E-state index contributed by atoms with van der Waals surface area (Å²) in [5.74, 6) is -0.426. The molecule has 4 aromatic rings. The van der Waals surface area contributed by atoms with Crippen molar-refractivity contribution in [3.8, 4) is 11.5 Å². The number of phenols is 1. The molecule has 0 atom stereocenters. The number of aromatic hydroxyl groups is 1. The topological polar surface area (TPSA) is 85.5 Å². The van der Waals surface area contributed by atoms with Gasteiger partial charge in [0.25, 0.3) is 0 Å². The monoisotopic (exact) mass is 378 g/mol. The minimum absolute atomic E-state index is 0.0548. The van der Waals surface area contributed by atoms with Crippen molar-refractivity contribution in [1.29, 1.82) is 0 Å². The Labute approximate surface area is 158 Å². The lowest BCUT2D eigenvalue weighted by Crippen LogP contribution is -1.93. The van der Waals surface area contributed by atoms with E-state index in [-0.39, 0.29) is 5.75 Å². The fourth-order valence-corrected chi connectivity index (χ4v) is 3.81. The average molecular weight is 378 g/mol. The Morgan fingerprint density at radius 2 is 2.00 bits per heavy atom. The molecular weight excluding hydrogens is 364 g/mol. The van der Waals surface area contributed by atoms with E-state index in [4.69, 9.17) is 9.72 Å². The lowest BCUT2D eigenvalue weighted by molar-refractivity contribution is -0.386. The Bertz CT molecular complexity index is 1210. The Kier molecular flexibility index (Phi) is 4.21. The first-order valence-electron chi connectivity index (χ1n) is 8.08. The minimum Gasteiger partial charge on any atom is -0.500 e. The normalized spacial score (nSPS) is 11.4. The summed E-state index contributed by atoms with van der Waals surface area (Å²) < 4.78 is 6.10. The average Bonchev–Trinajstić information content (AvgIpc) is 3.10. The first-order valence-corrected chi connectivity index (χ1v) is 8.90. The number of methoxy groups -OCH3 is 1. The van der Waals surface area contributed by atoms with Crippen LogP contribution < -0.4 is 4.74 Å². The number of fused-ring (bicyclic) bond motifs is 3. The maximum atomic E-state index is 11.1. The van der Waals surface area contributed by atoms with Crippen LogP contribution in [-0.4, -0.2) is 22.1 Å². The van der Waals surface area contributed by atoms with Gasteiger partial charge in [-0.25, -0.2) is 4.98 Å². The van der Waals surface area contributed by atoms with E-state index >= 15 is 0 Å². The summed E-state index contributed by atoms with van der Waals surface area (Å²) in [6.45, 7) is 0. The van der Waals surface area contributed by atoms with Crippen LogP contribution in [0.15, 0.2) is 48.5 Å². The number of ether oxygens (including phenoxy) is 1. The van der Waals surface area contributed by atoms with Crippen LogP contribution in [0.3, 0.4) is 0 Å². The molecule has 0 aliphatic heterocycles. The van der Waals surface area contributed by atoms with Crippen molar-refractivity contribution >= 4 is 50.2 Å². The standard InChI is InChI=1S/C20H14N2O4S/c1-26-16-11-12(10-15(20(16)23)22(24)25)6-9-18-21-19-14-5-3-2-4-13(14)7-8-17(19)27-18/h2-11,23H,1H3. The zero-order valence-electron chi connectivity index (χ0n) is 14.2. The summed E-state index contributed by atoms with van der Waals surface area (Å²) in [5.41, 5.74) is 1.08. The molecule has 1 heterocycles. The van der Waals surface area contributed by atoms with Crippen molar-refractivity contribution < 1.29 is 14.8 Å². The van der Waals surface area contributed by atoms with Gasteiger partial charge in [-0.05, 0) is 29.2 Å². The lowest BCUT2D eigenvalue weighted by Gasteiger charge is -2.05. The van der Waals surface area contributed by atoms with E-state index in [2.05, 4.69) is 6.07 Å². The maximum absolute atomic E-state index is 11.1. The van der Waals surface area contributed by atoms with Crippen LogP contribution >= 0.6 is 11.3 Å². The van der Waals surface area contributed by atoms with E-state index in [1.165, 1.54) is 13.2 Å². The molecule has 0 bridgehead atoms. The summed E-state index contributed by atoms with van der Waals surface area (Å²) in [6, 6.07) is 15.0. The predicted molar refractivity (Wildman–Crippen MR) is 107 cm³/mol. The number of thiazole rings is 1. The number of hydrogen-bond donors (Lipinski definition) is 1. The molecule has 0 spiro atoms. The van der Waals surface area contributed by atoms with Gasteiger partial charge < -0.3 is 9.84 Å². The number of rotatable bonds is 4. The van der Waals surface area contributed by atoms with Crippen molar-refractivity contribution in [3.63, 3.8) is 0 Å². The van der Waals surface area contributed by atoms with E-state index in [9.17, 15) is 15.2 Å². The molecule has 7 heteroatoms. The Hall–Kier alpha value is -3.45. The van der Waals surface area contributed by atoms with Crippen molar-refractivity contribution in [2.45, 2.75) is 0 Å². The van der Waals surface area contributed by atoms with Gasteiger partial charge in [0.1, 0.15) is 5.01 Å². The quantitative estimate of drug-likeness (QED) is 0.387. The van der Waals surface area contributed by atoms with Crippen LogP contribution in [0.25, 0.3) is 33.1 Å². The highest BCUT2D eigenvalue weighted by atomic mass is 32.1. The van der Waals surface area contributed by atoms with Gasteiger partial charge in [-0.2, -0.15) is 0 Å². The molecule has 0 saturated heterocycles. The highest BCUT2D eigenvalue weighted by molar-refractivity contribution is 7.19. The molecule has 134 valence electrons. The molecule has 0 aliphatic rings. The molecule has 3 aromatic carbocycles. The number of aromatic nitrogens is 1. The molecule has 6 nitrogen and oxygen atoms in total. The Morgan fingerprint density at radius 1 is 1.19 bits per heavy atom. The van der Waals surface area contributed by atoms with Gasteiger partial charge in [0.05, 0.1) is 22.2 Å². The van der Waals surface area contributed by atoms with Crippen LogP contribution in [0.4, 0.5) is 5.69 Å². The number of hydrogen-bond acceptors (Lipinski definition) is 6. The number of benzene rings is 3. The Balaban J connectivity index is 1.76. The summed E-state index contributed by atoms with van der Waals surface area (Å²) in [7, 11) is 1.35. The largest absolute Gasteiger partial charge is 0.500 e. The van der Waals surface area contributed by atoms with Crippen LogP contribution in [0.2, 0.25) is 0 Å². The van der Waals surface area contributed by atoms with Crippen LogP contribution in [0, 0.1) is 10.1 Å². The fourth-order valence-electron chi connectivity index (χ4n) is 2.92. The summed E-state index contributed by atoms with van der Waals surface area (Å²) in [4.78, 5) is 15.2. The van der Waals surface area contributed by atoms with Gasteiger partial charge in [0.2, 0.25) is 5.75 Å². The highest BCUT2D eigenvalue weighted by Crippen LogP contribution is 2.37. The zero-order valence-corrected chi connectivity index (χ0v) is 15.1. The van der Waals surface area contributed by atoms with Gasteiger partial charge in [-0.1, -0.05) is 36.4 Å². The van der Waals surface area contributed by atoms with Gasteiger partial charge in [-0.15, -0.1) is 11.3 Å². The summed E-state index contributed by atoms with van der Waals surface area (Å²) in [6.07, 6.45) is 3.52. The van der Waals surface area contributed by atoms with Gasteiger partial charge in [0, 0.05) is 11.5 Å². The molecule has 0 fully saturated rings. The molecule has 0 saturated carbocycles. The molecule has 0 radical (unpaired) electrons. The first-order chi connectivity index (χ1) is 13.1. The molecule has 4 rings (SSSR count). The van der Waals surface area contributed by atoms with Crippen molar-refractivity contribution in [3.05, 3.63) is 69.2 Å². The fraction of sp³-hybridized carbons (Fsp3) is 0.0500. The second-order valence-electron chi connectivity index (χ2n) is 5.87. The molecule has 1 aromatic heterocycles. The van der Waals surface area contributed by atoms with Crippen molar-refractivity contribution in [2.24, 2.45) is 0 Å². The number of nitrogens with zero attached hydrogens (tertiary/aromatic N) is 2.